The Labute approximate surface area is 114 Å². The van der Waals surface area contributed by atoms with Gasteiger partial charge in [-0.05, 0) is 27.2 Å². The van der Waals surface area contributed by atoms with E-state index < -0.39 is 0 Å². The number of rotatable bonds is 6. The van der Waals surface area contributed by atoms with Crippen molar-refractivity contribution < 1.29 is 0 Å². The van der Waals surface area contributed by atoms with E-state index in [2.05, 4.69) is 37.5 Å². The number of hydrogen-bond acceptors (Lipinski definition) is 3. The first kappa shape index (κ1) is 15.9. The molecule has 1 fully saturated rings. The van der Waals surface area contributed by atoms with Gasteiger partial charge in [-0.15, -0.1) is 0 Å². The predicted octanol–water partition coefficient (Wildman–Crippen LogP) is 2.31. The zero-order chi connectivity index (χ0) is 13.6. The summed E-state index contributed by atoms with van der Waals surface area (Å²) in [6.45, 7) is 14.8. The molecule has 1 saturated heterocycles. The maximum atomic E-state index is 5.95. The van der Waals surface area contributed by atoms with E-state index in [1.165, 1.54) is 51.9 Å². The second-order valence-corrected chi connectivity index (χ2v) is 6.58. The molecule has 0 aromatic heterocycles. The standard InChI is InChI=1S/C15H33N3/c1-5-6-7-8-14(13-16)17-9-11-18(12-10-17)15(2,3)4/h14H,5-13,16H2,1-4H3. The van der Waals surface area contributed by atoms with E-state index >= 15 is 0 Å². The molecule has 3 nitrogen and oxygen atoms in total. The minimum atomic E-state index is 0.312. The Bertz CT molecular complexity index is 214. The minimum Gasteiger partial charge on any atom is -0.329 e. The summed E-state index contributed by atoms with van der Waals surface area (Å²) in [5.74, 6) is 0. The average molecular weight is 255 g/mol. The smallest absolute Gasteiger partial charge is 0.0219 e. The van der Waals surface area contributed by atoms with Crippen molar-refractivity contribution in [3.8, 4) is 0 Å². The highest BCUT2D eigenvalue weighted by Gasteiger charge is 2.28. The molecule has 0 aromatic rings. The van der Waals surface area contributed by atoms with E-state index in [-0.39, 0.29) is 0 Å². The Kier molecular flexibility index (Phi) is 6.61. The molecule has 1 unspecified atom stereocenters. The number of hydrogen-bond donors (Lipinski definition) is 1. The monoisotopic (exact) mass is 255 g/mol. The van der Waals surface area contributed by atoms with Gasteiger partial charge in [-0.1, -0.05) is 26.2 Å². The first-order chi connectivity index (χ1) is 8.49. The fourth-order valence-corrected chi connectivity index (χ4v) is 2.84. The molecule has 0 aliphatic carbocycles. The van der Waals surface area contributed by atoms with Crippen LogP contribution in [-0.4, -0.2) is 54.1 Å². The fourth-order valence-electron chi connectivity index (χ4n) is 2.84. The molecule has 2 N–H and O–H groups in total. The molecule has 1 aliphatic heterocycles. The topological polar surface area (TPSA) is 32.5 Å². The molecule has 108 valence electrons. The van der Waals surface area contributed by atoms with Crippen LogP contribution >= 0.6 is 0 Å². The molecule has 0 radical (unpaired) electrons. The van der Waals surface area contributed by atoms with E-state index in [9.17, 15) is 0 Å². The molecule has 0 saturated carbocycles. The maximum Gasteiger partial charge on any atom is 0.0219 e. The van der Waals surface area contributed by atoms with Crippen molar-refractivity contribution >= 4 is 0 Å². The first-order valence-corrected chi connectivity index (χ1v) is 7.68. The Morgan fingerprint density at radius 1 is 1.06 bits per heavy atom. The van der Waals surface area contributed by atoms with Crippen LogP contribution in [0.25, 0.3) is 0 Å². The fraction of sp³-hybridized carbons (Fsp3) is 1.00. The Morgan fingerprint density at radius 2 is 1.67 bits per heavy atom. The van der Waals surface area contributed by atoms with E-state index in [0.717, 1.165) is 6.54 Å². The number of unbranched alkanes of at least 4 members (excludes halogenated alkanes) is 2. The van der Waals surface area contributed by atoms with Gasteiger partial charge in [0.2, 0.25) is 0 Å². The van der Waals surface area contributed by atoms with Gasteiger partial charge in [-0.2, -0.15) is 0 Å². The van der Waals surface area contributed by atoms with E-state index in [4.69, 9.17) is 5.73 Å². The minimum absolute atomic E-state index is 0.312. The van der Waals surface area contributed by atoms with Crippen molar-refractivity contribution in [2.45, 2.75) is 65.0 Å². The third-order valence-electron chi connectivity index (χ3n) is 4.19. The largest absolute Gasteiger partial charge is 0.329 e. The van der Waals surface area contributed by atoms with E-state index in [1.54, 1.807) is 0 Å². The third kappa shape index (κ3) is 4.87. The van der Waals surface area contributed by atoms with Crippen LogP contribution in [0.5, 0.6) is 0 Å². The van der Waals surface area contributed by atoms with Gasteiger partial charge in [0.1, 0.15) is 0 Å². The molecule has 1 rings (SSSR count). The Hall–Kier alpha value is -0.120. The summed E-state index contributed by atoms with van der Waals surface area (Å²) in [5.41, 5.74) is 6.26. The first-order valence-electron chi connectivity index (χ1n) is 7.68. The van der Waals surface area contributed by atoms with Crippen molar-refractivity contribution in [1.82, 2.24) is 9.80 Å². The summed E-state index contributed by atoms with van der Waals surface area (Å²) in [4.78, 5) is 5.20. The lowest BCUT2D eigenvalue weighted by Crippen LogP contribution is -2.56. The second-order valence-electron chi connectivity index (χ2n) is 6.58. The lowest BCUT2D eigenvalue weighted by Gasteiger charge is -2.44. The van der Waals surface area contributed by atoms with Crippen LogP contribution < -0.4 is 5.73 Å². The molecular weight excluding hydrogens is 222 g/mol. The van der Waals surface area contributed by atoms with Crippen LogP contribution in [0.4, 0.5) is 0 Å². The van der Waals surface area contributed by atoms with Gasteiger partial charge >= 0.3 is 0 Å². The van der Waals surface area contributed by atoms with E-state index in [0.29, 0.717) is 11.6 Å². The summed E-state index contributed by atoms with van der Waals surface area (Å²) in [6, 6.07) is 0.610. The predicted molar refractivity (Wildman–Crippen MR) is 79.9 cm³/mol. The second kappa shape index (κ2) is 7.46. The summed E-state index contributed by atoms with van der Waals surface area (Å²) in [5, 5.41) is 0. The molecular formula is C15H33N3. The Balaban J connectivity index is 2.35. The zero-order valence-electron chi connectivity index (χ0n) is 12.9. The summed E-state index contributed by atoms with van der Waals surface area (Å²) in [7, 11) is 0. The maximum absolute atomic E-state index is 5.95. The van der Waals surface area contributed by atoms with Crippen LogP contribution in [-0.2, 0) is 0 Å². The van der Waals surface area contributed by atoms with Gasteiger partial charge < -0.3 is 5.73 Å². The molecule has 3 heteroatoms. The third-order valence-corrected chi connectivity index (χ3v) is 4.19. The van der Waals surface area contributed by atoms with Gasteiger partial charge in [0.15, 0.2) is 0 Å². The normalized spacial score (nSPS) is 21.2. The Morgan fingerprint density at radius 3 is 2.11 bits per heavy atom. The van der Waals surface area contributed by atoms with Crippen molar-refractivity contribution in [3.63, 3.8) is 0 Å². The lowest BCUT2D eigenvalue weighted by molar-refractivity contribution is 0.0413. The zero-order valence-corrected chi connectivity index (χ0v) is 12.9. The van der Waals surface area contributed by atoms with Crippen LogP contribution in [0, 0.1) is 0 Å². The van der Waals surface area contributed by atoms with Gasteiger partial charge in [0, 0.05) is 44.3 Å². The summed E-state index contributed by atoms with van der Waals surface area (Å²) < 4.78 is 0. The van der Waals surface area contributed by atoms with Gasteiger partial charge in [0.05, 0.1) is 0 Å². The van der Waals surface area contributed by atoms with Crippen molar-refractivity contribution in [2.24, 2.45) is 5.73 Å². The highest BCUT2D eigenvalue weighted by molar-refractivity contribution is 4.84. The highest BCUT2D eigenvalue weighted by Crippen LogP contribution is 2.18. The molecule has 0 bridgehead atoms. The van der Waals surface area contributed by atoms with Crippen LogP contribution in [0.15, 0.2) is 0 Å². The molecule has 1 heterocycles. The number of piperazine rings is 1. The summed E-state index contributed by atoms with van der Waals surface area (Å²) in [6.07, 6.45) is 5.26. The van der Waals surface area contributed by atoms with Crippen molar-refractivity contribution in [1.29, 1.82) is 0 Å². The molecule has 1 atom stereocenters. The molecule has 0 aromatic carbocycles. The van der Waals surface area contributed by atoms with Crippen molar-refractivity contribution in [2.75, 3.05) is 32.7 Å². The molecule has 0 spiro atoms. The van der Waals surface area contributed by atoms with Crippen LogP contribution in [0.2, 0.25) is 0 Å². The molecule has 0 amide bonds. The van der Waals surface area contributed by atoms with Crippen LogP contribution in [0.1, 0.15) is 53.4 Å². The van der Waals surface area contributed by atoms with Crippen molar-refractivity contribution in [3.05, 3.63) is 0 Å². The number of nitrogens with zero attached hydrogens (tertiary/aromatic N) is 2. The average Bonchev–Trinajstić information content (AvgIpc) is 2.34. The van der Waals surface area contributed by atoms with E-state index in [1.807, 2.05) is 0 Å². The highest BCUT2D eigenvalue weighted by atomic mass is 15.3. The quantitative estimate of drug-likeness (QED) is 0.739. The van der Waals surface area contributed by atoms with Gasteiger partial charge in [-0.25, -0.2) is 0 Å². The summed E-state index contributed by atoms with van der Waals surface area (Å²) >= 11 is 0. The molecule has 1 aliphatic rings. The number of nitrogens with two attached hydrogens (primary N) is 1. The van der Waals surface area contributed by atoms with Gasteiger partial charge in [0.25, 0.3) is 0 Å². The van der Waals surface area contributed by atoms with Crippen LogP contribution in [0.3, 0.4) is 0 Å². The van der Waals surface area contributed by atoms with Gasteiger partial charge in [-0.3, -0.25) is 9.80 Å². The molecule has 18 heavy (non-hydrogen) atoms. The SMILES string of the molecule is CCCCCC(CN)N1CCN(C(C)(C)C)CC1. The lowest BCUT2D eigenvalue weighted by atomic mass is 10.0.